The van der Waals surface area contributed by atoms with E-state index in [1.807, 2.05) is 0 Å². The van der Waals surface area contributed by atoms with Crippen LogP contribution >= 0.6 is 11.8 Å². The van der Waals surface area contributed by atoms with E-state index in [1.165, 1.54) is 12.8 Å². The second-order valence-corrected chi connectivity index (χ2v) is 7.73. The van der Waals surface area contributed by atoms with Gasteiger partial charge >= 0.3 is 0 Å². The lowest BCUT2D eigenvalue weighted by Crippen LogP contribution is -2.31. The molecule has 8 nitrogen and oxygen atoms in total. The minimum Gasteiger partial charge on any atom is -0.350 e. The molecule has 1 aliphatic heterocycles. The molecular weight excluding hydrogens is 350 g/mol. The molecule has 2 aromatic rings. The molecule has 3 heterocycles. The van der Waals surface area contributed by atoms with Crippen LogP contribution < -0.4 is 10.2 Å². The van der Waals surface area contributed by atoms with Gasteiger partial charge in [-0.15, -0.1) is 16.9 Å². The second-order valence-electron chi connectivity index (χ2n) is 6.61. The molecule has 0 saturated carbocycles. The zero-order valence-corrected chi connectivity index (χ0v) is 15.5. The van der Waals surface area contributed by atoms with Crippen LogP contribution in [0.4, 0.5) is 5.95 Å². The number of nitrogens with one attached hydrogen (secondary N) is 2. The third kappa shape index (κ3) is 3.82. The van der Waals surface area contributed by atoms with Gasteiger partial charge in [-0.05, 0) is 38.5 Å². The molecule has 0 spiro atoms. The molecule has 26 heavy (non-hydrogen) atoms. The molecule has 2 aliphatic rings. The minimum absolute atomic E-state index is 0.0910. The molecule has 0 unspecified atom stereocenters. The minimum atomic E-state index is -0.0910. The lowest BCUT2D eigenvalue weighted by Gasteiger charge is -2.22. The van der Waals surface area contributed by atoms with Crippen LogP contribution in [0.15, 0.2) is 11.2 Å². The maximum Gasteiger partial charge on any atom is 0.270 e. The van der Waals surface area contributed by atoms with E-state index in [2.05, 4.69) is 30.6 Å². The Balaban J connectivity index is 1.46. The summed E-state index contributed by atoms with van der Waals surface area (Å²) in [4.78, 5) is 24.4. The topological polar surface area (TPSA) is 99.7 Å². The number of thioether (sulfide) groups is 1. The van der Waals surface area contributed by atoms with Crippen LogP contribution in [0.1, 0.15) is 47.4 Å². The first-order chi connectivity index (χ1) is 12.8. The molecule has 138 valence electrons. The van der Waals surface area contributed by atoms with E-state index in [1.54, 1.807) is 18.0 Å². The molecule has 1 amide bonds. The van der Waals surface area contributed by atoms with Crippen molar-refractivity contribution in [3.05, 3.63) is 23.1 Å². The van der Waals surface area contributed by atoms with Gasteiger partial charge < -0.3 is 10.2 Å². The van der Waals surface area contributed by atoms with Crippen LogP contribution in [0.2, 0.25) is 0 Å². The highest BCUT2D eigenvalue weighted by Gasteiger charge is 2.25. The quantitative estimate of drug-likeness (QED) is 0.586. The SMILES string of the molecule is O=C(NCCSc1cn[nH]n1)c1nc(N2CCCC2)nc2c1CCCC2. The van der Waals surface area contributed by atoms with Crippen molar-refractivity contribution < 1.29 is 4.79 Å². The van der Waals surface area contributed by atoms with Crippen LogP contribution in [-0.2, 0) is 12.8 Å². The number of amides is 1. The van der Waals surface area contributed by atoms with Crippen molar-refractivity contribution in [3.8, 4) is 0 Å². The van der Waals surface area contributed by atoms with E-state index in [-0.39, 0.29) is 5.91 Å². The first-order valence-corrected chi connectivity index (χ1v) is 10.2. The Hall–Kier alpha value is -2.16. The molecule has 1 fully saturated rings. The molecule has 2 aromatic heterocycles. The first kappa shape index (κ1) is 17.3. The number of aryl methyl sites for hydroxylation is 1. The van der Waals surface area contributed by atoms with Crippen LogP contribution in [0.5, 0.6) is 0 Å². The van der Waals surface area contributed by atoms with Gasteiger partial charge in [0.25, 0.3) is 5.91 Å². The number of aromatic nitrogens is 5. The maximum atomic E-state index is 12.8. The Morgan fingerprint density at radius 1 is 1.19 bits per heavy atom. The Kier molecular flexibility index (Phi) is 5.33. The number of hydrogen-bond donors (Lipinski definition) is 2. The molecule has 0 atom stereocenters. The Morgan fingerprint density at radius 2 is 2.04 bits per heavy atom. The molecule has 0 bridgehead atoms. The summed E-state index contributed by atoms with van der Waals surface area (Å²) in [6.45, 7) is 2.52. The van der Waals surface area contributed by atoms with Crippen molar-refractivity contribution in [2.75, 3.05) is 30.3 Å². The largest absolute Gasteiger partial charge is 0.350 e. The summed E-state index contributed by atoms with van der Waals surface area (Å²) in [5, 5.41) is 14.2. The van der Waals surface area contributed by atoms with Crippen molar-refractivity contribution in [1.29, 1.82) is 0 Å². The number of aromatic amines is 1. The highest BCUT2D eigenvalue weighted by molar-refractivity contribution is 7.99. The number of hydrogen-bond acceptors (Lipinski definition) is 7. The van der Waals surface area contributed by atoms with E-state index in [0.29, 0.717) is 12.2 Å². The molecule has 9 heteroatoms. The lowest BCUT2D eigenvalue weighted by atomic mass is 9.94. The molecule has 2 N–H and O–H groups in total. The Bertz CT molecular complexity index is 759. The number of H-pyrrole nitrogens is 1. The number of rotatable bonds is 6. The van der Waals surface area contributed by atoms with Crippen molar-refractivity contribution in [3.63, 3.8) is 0 Å². The normalized spacial score (nSPS) is 16.5. The van der Waals surface area contributed by atoms with Crippen LogP contribution in [-0.4, -0.2) is 56.7 Å². The lowest BCUT2D eigenvalue weighted by molar-refractivity contribution is 0.0949. The zero-order chi connectivity index (χ0) is 17.8. The summed E-state index contributed by atoms with van der Waals surface area (Å²) in [6, 6.07) is 0. The van der Waals surface area contributed by atoms with Gasteiger partial charge in [0.15, 0.2) is 0 Å². The zero-order valence-electron chi connectivity index (χ0n) is 14.7. The Labute approximate surface area is 156 Å². The summed E-state index contributed by atoms with van der Waals surface area (Å²) in [5.41, 5.74) is 2.68. The van der Waals surface area contributed by atoms with E-state index < -0.39 is 0 Å². The predicted molar refractivity (Wildman–Crippen MR) is 99.6 cm³/mol. The predicted octanol–water partition coefficient (Wildman–Crippen LogP) is 1.60. The van der Waals surface area contributed by atoms with E-state index in [0.717, 1.165) is 66.8 Å². The van der Waals surface area contributed by atoms with E-state index in [4.69, 9.17) is 4.98 Å². The maximum absolute atomic E-state index is 12.8. The van der Waals surface area contributed by atoms with Crippen molar-refractivity contribution in [1.82, 2.24) is 30.7 Å². The van der Waals surface area contributed by atoms with Gasteiger partial charge in [-0.2, -0.15) is 10.3 Å². The average Bonchev–Trinajstić information content (AvgIpc) is 3.38. The van der Waals surface area contributed by atoms with Crippen molar-refractivity contribution in [2.24, 2.45) is 0 Å². The monoisotopic (exact) mass is 373 g/mol. The summed E-state index contributed by atoms with van der Waals surface area (Å²) in [7, 11) is 0. The third-order valence-electron chi connectivity index (χ3n) is 4.81. The van der Waals surface area contributed by atoms with Gasteiger partial charge in [0, 0.05) is 36.6 Å². The van der Waals surface area contributed by atoms with E-state index >= 15 is 0 Å². The standard InChI is InChI=1S/C17H23N7OS/c25-16(18-7-10-26-14-11-19-23-22-14)15-12-5-1-2-6-13(12)20-17(21-15)24-8-3-4-9-24/h11H,1-10H2,(H,18,25)(H,19,22,23). The number of carbonyl (C=O) groups is 1. The molecule has 4 rings (SSSR count). The fourth-order valence-electron chi connectivity index (χ4n) is 3.49. The molecule has 0 aromatic carbocycles. The first-order valence-electron chi connectivity index (χ1n) is 9.23. The molecule has 1 saturated heterocycles. The summed E-state index contributed by atoms with van der Waals surface area (Å²) < 4.78 is 0. The number of carbonyl (C=O) groups excluding carboxylic acids is 1. The number of anilines is 1. The summed E-state index contributed by atoms with van der Waals surface area (Å²) >= 11 is 1.56. The van der Waals surface area contributed by atoms with Gasteiger partial charge in [0.1, 0.15) is 10.7 Å². The van der Waals surface area contributed by atoms with Crippen LogP contribution in [0, 0.1) is 0 Å². The summed E-state index contributed by atoms with van der Waals surface area (Å²) in [5.74, 6) is 1.38. The molecule has 1 aliphatic carbocycles. The highest BCUT2D eigenvalue weighted by Crippen LogP contribution is 2.26. The third-order valence-corrected chi connectivity index (χ3v) is 5.71. The Morgan fingerprint density at radius 3 is 2.85 bits per heavy atom. The van der Waals surface area contributed by atoms with Crippen LogP contribution in [0.3, 0.4) is 0 Å². The summed E-state index contributed by atoms with van der Waals surface area (Å²) in [6.07, 6.45) is 8.09. The van der Waals surface area contributed by atoms with Crippen LogP contribution in [0.25, 0.3) is 0 Å². The molecule has 0 radical (unpaired) electrons. The smallest absolute Gasteiger partial charge is 0.270 e. The van der Waals surface area contributed by atoms with Gasteiger partial charge in [-0.25, -0.2) is 9.97 Å². The van der Waals surface area contributed by atoms with Gasteiger partial charge in [0.05, 0.1) is 6.20 Å². The average molecular weight is 373 g/mol. The van der Waals surface area contributed by atoms with Gasteiger partial charge in [-0.3, -0.25) is 4.79 Å². The fraction of sp³-hybridized carbons (Fsp3) is 0.588. The van der Waals surface area contributed by atoms with Crippen molar-refractivity contribution in [2.45, 2.75) is 43.6 Å². The van der Waals surface area contributed by atoms with Gasteiger partial charge in [-0.1, -0.05) is 0 Å². The highest BCUT2D eigenvalue weighted by atomic mass is 32.2. The fourth-order valence-corrected chi connectivity index (χ4v) is 4.14. The molecular formula is C17H23N7OS. The number of nitrogens with zero attached hydrogens (tertiary/aromatic N) is 5. The second kappa shape index (κ2) is 8.03. The van der Waals surface area contributed by atoms with Crippen molar-refractivity contribution >= 4 is 23.6 Å². The van der Waals surface area contributed by atoms with E-state index in [9.17, 15) is 4.79 Å². The van der Waals surface area contributed by atoms with Gasteiger partial charge in [0.2, 0.25) is 5.95 Å². The number of fused-ring (bicyclic) bond motifs is 1.